The normalized spacial score (nSPS) is 19.6. The largest absolute Gasteiger partial charge is 0.496 e. The molecule has 1 atom stereocenters. The molecule has 9 nitrogen and oxygen atoms in total. The Balaban J connectivity index is 1.94. The molecule has 0 spiro atoms. The fourth-order valence-electron chi connectivity index (χ4n) is 4.24. The van der Waals surface area contributed by atoms with Crippen LogP contribution in [0, 0.1) is 5.92 Å². The number of hydrogen-bond donors (Lipinski definition) is 1. The number of esters is 1. The van der Waals surface area contributed by atoms with Crippen LogP contribution in [0.15, 0.2) is 35.5 Å². The van der Waals surface area contributed by atoms with Crippen molar-refractivity contribution in [3.05, 3.63) is 41.1 Å². The van der Waals surface area contributed by atoms with E-state index in [1.54, 1.807) is 27.1 Å². The van der Waals surface area contributed by atoms with E-state index in [0.717, 1.165) is 0 Å². The molecule has 3 amide bonds. The number of ether oxygens (including phenoxy) is 2. The summed E-state index contributed by atoms with van der Waals surface area (Å²) in [5, 5.41) is 2.93. The van der Waals surface area contributed by atoms with Gasteiger partial charge in [-0.05, 0) is 13.0 Å². The number of methoxy groups -OCH3 is 1. The van der Waals surface area contributed by atoms with E-state index in [0.29, 0.717) is 55.3 Å². The molecule has 180 valence electrons. The topological polar surface area (TPSA) is 91.4 Å². The van der Waals surface area contributed by atoms with Crippen molar-refractivity contribution in [1.29, 1.82) is 0 Å². The van der Waals surface area contributed by atoms with Crippen molar-refractivity contribution in [3.8, 4) is 5.75 Å². The molecule has 1 N–H and O–H groups in total. The average Bonchev–Trinajstić information content (AvgIpc) is 2.81. The van der Waals surface area contributed by atoms with Crippen molar-refractivity contribution in [1.82, 2.24) is 20.0 Å². The number of piperazine rings is 1. The number of nitrogens with zero attached hydrogens (tertiary/aromatic N) is 3. The molecule has 0 bridgehead atoms. The zero-order chi connectivity index (χ0) is 24.1. The smallest absolute Gasteiger partial charge is 0.338 e. The van der Waals surface area contributed by atoms with E-state index in [4.69, 9.17) is 9.47 Å². The van der Waals surface area contributed by atoms with Gasteiger partial charge in [0.2, 0.25) is 5.91 Å². The van der Waals surface area contributed by atoms with Gasteiger partial charge in [-0.1, -0.05) is 32.0 Å². The van der Waals surface area contributed by atoms with Crippen molar-refractivity contribution in [2.45, 2.75) is 26.8 Å². The van der Waals surface area contributed by atoms with E-state index in [9.17, 15) is 14.4 Å². The molecule has 2 aliphatic rings. The number of para-hydroxylation sites is 1. The minimum absolute atomic E-state index is 0.0375. The van der Waals surface area contributed by atoms with E-state index in [-0.39, 0.29) is 24.5 Å². The fraction of sp³-hybridized carbons (Fsp3) is 0.542. The molecule has 1 aromatic carbocycles. The minimum atomic E-state index is -0.692. The van der Waals surface area contributed by atoms with Crippen LogP contribution in [0.4, 0.5) is 4.79 Å². The predicted molar refractivity (Wildman–Crippen MR) is 124 cm³/mol. The number of rotatable bonds is 7. The van der Waals surface area contributed by atoms with Gasteiger partial charge in [0, 0.05) is 56.9 Å². The van der Waals surface area contributed by atoms with Gasteiger partial charge in [0.1, 0.15) is 5.75 Å². The number of carbonyl (C=O) groups is 3. The summed E-state index contributed by atoms with van der Waals surface area (Å²) in [6.07, 6.45) is 0. The molecule has 0 saturated carbocycles. The van der Waals surface area contributed by atoms with E-state index in [2.05, 4.69) is 10.2 Å². The van der Waals surface area contributed by atoms with Crippen molar-refractivity contribution < 1.29 is 23.9 Å². The van der Waals surface area contributed by atoms with Crippen LogP contribution in [0.5, 0.6) is 5.75 Å². The Hall–Kier alpha value is -3.07. The lowest BCUT2D eigenvalue weighted by Crippen LogP contribution is -2.53. The van der Waals surface area contributed by atoms with Crippen LogP contribution in [0.2, 0.25) is 0 Å². The van der Waals surface area contributed by atoms with Crippen molar-refractivity contribution in [3.63, 3.8) is 0 Å². The zero-order valence-corrected chi connectivity index (χ0v) is 20.1. The van der Waals surface area contributed by atoms with Gasteiger partial charge in [0.05, 0.1) is 25.3 Å². The number of benzene rings is 1. The van der Waals surface area contributed by atoms with Crippen LogP contribution in [0.3, 0.4) is 0 Å². The molecular weight excluding hydrogens is 424 g/mol. The zero-order valence-electron chi connectivity index (χ0n) is 20.1. The summed E-state index contributed by atoms with van der Waals surface area (Å²) in [6.45, 7) is 8.73. The Morgan fingerprint density at radius 2 is 1.82 bits per heavy atom. The Morgan fingerprint density at radius 3 is 2.42 bits per heavy atom. The standard InChI is InChI=1S/C24H34N4O5/c1-6-33-23(30)20-18(15-27-11-13-28(14-12-27)22(29)16(2)3)26(4)24(31)25-21(20)17-9-7-8-10-19(17)32-5/h7-10,16,21H,6,11-15H2,1-5H3,(H,25,31). The minimum Gasteiger partial charge on any atom is -0.496 e. The quantitative estimate of drug-likeness (QED) is 0.629. The molecule has 0 aromatic heterocycles. The summed E-state index contributed by atoms with van der Waals surface area (Å²) in [6, 6.07) is 6.32. The fourth-order valence-corrected chi connectivity index (χ4v) is 4.24. The van der Waals surface area contributed by atoms with Crippen LogP contribution in [0.1, 0.15) is 32.4 Å². The van der Waals surface area contributed by atoms with Gasteiger partial charge < -0.3 is 19.7 Å². The van der Waals surface area contributed by atoms with Gasteiger partial charge in [0.25, 0.3) is 0 Å². The van der Waals surface area contributed by atoms with Crippen molar-refractivity contribution >= 4 is 17.9 Å². The second kappa shape index (κ2) is 10.7. The van der Waals surface area contributed by atoms with Gasteiger partial charge in [-0.15, -0.1) is 0 Å². The van der Waals surface area contributed by atoms with Gasteiger partial charge >= 0.3 is 12.0 Å². The molecule has 1 fully saturated rings. The molecule has 2 heterocycles. The molecule has 0 aliphatic carbocycles. The van der Waals surface area contributed by atoms with Crippen LogP contribution in [-0.2, 0) is 14.3 Å². The Bertz CT molecular complexity index is 921. The average molecular weight is 459 g/mol. The first-order valence-corrected chi connectivity index (χ1v) is 11.4. The maximum Gasteiger partial charge on any atom is 0.338 e. The monoisotopic (exact) mass is 458 g/mol. The van der Waals surface area contributed by atoms with Crippen LogP contribution in [0.25, 0.3) is 0 Å². The van der Waals surface area contributed by atoms with Crippen LogP contribution >= 0.6 is 0 Å². The Labute approximate surface area is 195 Å². The highest BCUT2D eigenvalue weighted by Crippen LogP contribution is 2.35. The highest BCUT2D eigenvalue weighted by atomic mass is 16.5. The van der Waals surface area contributed by atoms with E-state index in [1.807, 2.05) is 36.9 Å². The second-order valence-electron chi connectivity index (χ2n) is 8.52. The van der Waals surface area contributed by atoms with Crippen LogP contribution in [-0.4, -0.2) is 86.1 Å². The molecule has 0 radical (unpaired) electrons. The summed E-state index contributed by atoms with van der Waals surface area (Å²) in [5.74, 6) is 0.217. The third-order valence-electron chi connectivity index (χ3n) is 6.07. The number of nitrogens with one attached hydrogen (secondary N) is 1. The van der Waals surface area contributed by atoms with Gasteiger partial charge in [-0.2, -0.15) is 0 Å². The molecule has 9 heteroatoms. The molecule has 1 saturated heterocycles. The first-order chi connectivity index (χ1) is 15.8. The third kappa shape index (κ3) is 5.30. The summed E-state index contributed by atoms with van der Waals surface area (Å²) in [4.78, 5) is 43.9. The van der Waals surface area contributed by atoms with E-state index < -0.39 is 12.0 Å². The number of amides is 3. The molecular formula is C24H34N4O5. The summed E-state index contributed by atoms with van der Waals surface area (Å²) >= 11 is 0. The predicted octanol–water partition coefficient (Wildman–Crippen LogP) is 2.01. The van der Waals surface area contributed by atoms with Crippen LogP contribution < -0.4 is 10.1 Å². The lowest BCUT2D eigenvalue weighted by Gasteiger charge is -2.40. The first-order valence-electron chi connectivity index (χ1n) is 11.4. The SMILES string of the molecule is CCOC(=O)C1=C(CN2CCN(C(=O)C(C)C)CC2)N(C)C(=O)NC1c1ccccc1OC. The number of carbonyl (C=O) groups excluding carboxylic acids is 3. The Kier molecular flexibility index (Phi) is 7.97. The van der Waals surface area contributed by atoms with Gasteiger partial charge in [0.15, 0.2) is 0 Å². The molecule has 2 aliphatic heterocycles. The van der Waals surface area contributed by atoms with Gasteiger partial charge in [-0.25, -0.2) is 9.59 Å². The van der Waals surface area contributed by atoms with Crippen molar-refractivity contribution in [2.75, 3.05) is 53.5 Å². The number of hydrogen-bond acceptors (Lipinski definition) is 6. The Morgan fingerprint density at radius 1 is 1.15 bits per heavy atom. The highest BCUT2D eigenvalue weighted by molar-refractivity contribution is 5.95. The number of likely N-dealkylation sites (N-methyl/N-ethyl adjacent to an activating group) is 1. The summed E-state index contributed by atoms with van der Waals surface area (Å²) < 4.78 is 10.9. The maximum absolute atomic E-state index is 13.1. The number of urea groups is 1. The molecule has 1 aromatic rings. The van der Waals surface area contributed by atoms with Gasteiger partial charge in [-0.3, -0.25) is 14.6 Å². The van der Waals surface area contributed by atoms with Crippen molar-refractivity contribution in [2.24, 2.45) is 5.92 Å². The summed E-state index contributed by atoms with van der Waals surface area (Å²) in [5.41, 5.74) is 1.68. The maximum atomic E-state index is 13.1. The summed E-state index contributed by atoms with van der Waals surface area (Å²) in [7, 11) is 3.21. The molecule has 1 unspecified atom stereocenters. The highest BCUT2D eigenvalue weighted by Gasteiger charge is 2.38. The lowest BCUT2D eigenvalue weighted by molar-refractivity contribution is -0.139. The first kappa shape index (κ1) is 24.6. The van der Waals surface area contributed by atoms with E-state index in [1.165, 1.54) is 4.90 Å². The van der Waals surface area contributed by atoms with E-state index >= 15 is 0 Å². The lowest BCUT2D eigenvalue weighted by atomic mass is 9.93. The third-order valence-corrected chi connectivity index (χ3v) is 6.07. The second-order valence-corrected chi connectivity index (χ2v) is 8.52. The molecule has 3 rings (SSSR count). The molecule has 33 heavy (non-hydrogen) atoms.